The van der Waals surface area contributed by atoms with Gasteiger partial charge in [0.1, 0.15) is 5.75 Å². The lowest BCUT2D eigenvalue weighted by atomic mass is 10.2. The van der Waals surface area contributed by atoms with Crippen LogP contribution in [0, 0.1) is 12.7 Å². The molecular weight excluding hydrogens is 379 g/mol. The SMILES string of the molecule is COC(=O)c1ccc(Oc2cc(C)nn(Cc3ccc(OC)cc3)c2=O)c(F)c1. The fourth-order valence-corrected chi connectivity index (χ4v) is 2.67. The Morgan fingerprint density at radius 1 is 1.07 bits per heavy atom. The minimum atomic E-state index is -0.788. The maximum Gasteiger partial charge on any atom is 0.337 e. The Morgan fingerprint density at radius 3 is 2.41 bits per heavy atom. The summed E-state index contributed by atoms with van der Waals surface area (Å²) in [5.41, 5.74) is 0.897. The van der Waals surface area contributed by atoms with E-state index in [1.807, 2.05) is 12.1 Å². The van der Waals surface area contributed by atoms with Crippen LogP contribution < -0.4 is 15.0 Å². The van der Waals surface area contributed by atoms with Gasteiger partial charge in [-0.1, -0.05) is 12.1 Å². The fraction of sp³-hybridized carbons (Fsp3) is 0.190. The van der Waals surface area contributed by atoms with Crippen LogP contribution in [0.3, 0.4) is 0 Å². The number of hydrogen-bond acceptors (Lipinski definition) is 6. The molecule has 150 valence electrons. The summed E-state index contributed by atoms with van der Waals surface area (Å²) >= 11 is 0. The Morgan fingerprint density at radius 2 is 1.79 bits per heavy atom. The van der Waals surface area contributed by atoms with Gasteiger partial charge in [0.2, 0.25) is 0 Å². The van der Waals surface area contributed by atoms with Crippen LogP contribution in [0.2, 0.25) is 0 Å². The number of halogens is 1. The third-order valence-electron chi connectivity index (χ3n) is 4.13. The average Bonchev–Trinajstić information content (AvgIpc) is 2.72. The first kappa shape index (κ1) is 20.1. The van der Waals surface area contributed by atoms with Crippen molar-refractivity contribution in [3.63, 3.8) is 0 Å². The average molecular weight is 398 g/mol. The molecule has 0 aliphatic carbocycles. The van der Waals surface area contributed by atoms with Gasteiger partial charge in [0, 0.05) is 6.07 Å². The lowest BCUT2D eigenvalue weighted by molar-refractivity contribution is 0.0600. The molecule has 2 aromatic carbocycles. The van der Waals surface area contributed by atoms with E-state index in [-0.39, 0.29) is 23.6 Å². The van der Waals surface area contributed by atoms with Gasteiger partial charge >= 0.3 is 11.5 Å². The molecule has 0 unspecified atom stereocenters. The molecule has 0 fully saturated rings. The number of ether oxygens (including phenoxy) is 3. The van der Waals surface area contributed by atoms with Gasteiger partial charge in [0.15, 0.2) is 17.3 Å². The molecule has 1 aromatic heterocycles. The van der Waals surface area contributed by atoms with Gasteiger partial charge in [-0.05, 0) is 42.8 Å². The summed E-state index contributed by atoms with van der Waals surface area (Å²) in [7, 11) is 2.78. The molecule has 0 aliphatic heterocycles. The summed E-state index contributed by atoms with van der Waals surface area (Å²) in [6, 6.07) is 12.3. The van der Waals surface area contributed by atoms with Gasteiger partial charge in [0.25, 0.3) is 0 Å². The number of methoxy groups -OCH3 is 2. The highest BCUT2D eigenvalue weighted by Gasteiger charge is 2.15. The quantitative estimate of drug-likeness (QED) is 0.593. The Kier molecular flexibility index (Phi) is 5.92. The zero-order valence-corrected chi connectivity index (χ0v) is 16.1. The van der Waals surface area contributed by atoms with Crippen molar-refractivity contribution in [2.75, 3.05) is 14.2 Å². The largest absolute Gasteiger partial charge is 0.497 e. The molecule has 0 amide bonds. The second-order valence-corrected chi connectivity index (χ2v) is 6.20. The second-order valence-electron chi connectivity index (χ2n) is 6.20. The van der Waals surface area contributed by atoms with E-state index in [1.165, 1.54) is 30.0 Å². The summed E-state index contributed by atoms with van der Waals surface area (Å²) < 4.78 is 30.7. The number of rotatable bonds is 6. The highest BCUT2D eigenvalue weighted by molar-refractivity contribution is 5.89. The molecule has 0 spiro atoms. The third kappa shape index (κ3) is 4.60. The monoisotopic (exact) mass is 398 g/mol. The molecule has 0 atom stereocenters. The minimum absolute atomic E-state index is 0.0418. The Labute approximate surface area is 166 Å². The van der Waals surface area contributed by atoms with Gasteiger partial charge in [-0.2, -0.15) is 5.10 Å². The van der Waals surface area contributed by atoms with E-state index in [1.54, 1.807) is 26.2 Å². The van der Waals surface area contributed by atoms with Gasteiger partial charge in [-0.25, -0.2) is 13.9 Å². The fourth-order valence-electron chi connectivity index (χ4n) is 2.67. The molecule has 0 saturated heterocycles. The second kappa shape index (κ2) is 8.55. The first-order chi connectivity index (χ1) is 13.9. The van der Waals surface area contributed by atoms with Crippen molar-refractivity contribution < 1.29 is 23.4 Å². The first-order valence-corrected chi connectivity index (χ1v) is 8.68. The third-order valence-corrected chi connectivity index (χ3v) is 4.13. The van der Waals surface area contributed by atoms with Crippen molar-refractivity contribution >= 4 is 5.97 Å². The van der Waals surface area contributed by atoms with Crippen molar-refractivity contribution in [1.82, 2.24) is 9.78 Å². The zero-order valence-electron chi connectivity index (χ0n) is 16.1. The molecule has 0 N–H and O–H groups in total. The van der Waals surface area contributed by atoms with E-state index in [4.69, 9.17) is 9.47 Å². The van der Waals surface area contributed by atoms with Crippen molar-refractivity contribution in [2.45, 2.75) is 13.5 Å². The summed E-state index contributed by atoms with van der Waals surface area (Å²) in [5, 5.41) is 4.22. The number of aromatic nitrogens is 2. The lowest BCUT2D eigenvalue weighted by Crippen LogP contribution is -2.25. The van der Waals surface area contributed by atoms with E-state index < -0.39 is 17.3 Å². The van der Waals surface area contributed by atoms with Crippen LogP contribution in [0.15, 0.2) is 53.3 Å². The van der Waals surface area contributed by atoms with Crippen molar-refractivity contribution in [3.8, 4) is 17.2 Å². The molecule has 3 rings (SSSR count). The Balaban J connectivity index is 1.89. The number of carbonyl (C=O) groups is 1. The first-order valence-electron chi connectivity index (χ1n) is 8.68. The lowest BCUT2D eigenvalue weighted by Gasteiger charge is -2.11. The Hall–Kier alpha value is -3.68. The standard InChI is InChI=1S/C21H19FN2O5/c1-13-10-19(29-18-9-6-15(11-17(18)22)21(26)28-3)20(25)24(23-13)12-14-4-7-16(27-2)8-5-14/h4-11H,12H2,1-3H3. The number of aryl methyl sites for hydroxylation is 1. The van der Waals surface area contributed by atoms with Crippen LogP contribution in [0.4, 0.5) is 4.39 Å². The maximum atomic E-state index is 14.3. The molecule has 29 heavy (non-hydrogen) atoms. The minimum Gasteiger partial charge on any atom is -0.497 e. The van der Waals surface area contributed by atoms with E-state index in [0.29, 0.717) is 11.4 Å². The predicted molar refractivity (Wildman–Crippen MR) is 103 cm³/mol. The van der Waals surface area contributed by atoms with Gasteiger partial charge in [0.05, 0.1) is 32.0 Å². The summed E-state index contributed by atoms with van der Waals surface area (Å²) in [6.45, 7) is 1.91. The Bertz CT molecular complexity index is 1090. The predicted octanol–water partition coefficient (Wildman–Crippen LogP) is 3.33. The van der Waals surface area contributed by atoms with E-state index >= 15 is 0 Å². The zero-order chi connectivity index (χ0) is 21.0. The molecule has 0 saturated carbocycles. The maximum absolute atomic E-state index is 14.3. The number of carbonyl (C=O) groups excluding carboxylic acids is 1. The number of benzene rings is 2. The van der Waals surface area contributed by atoms with Crippen LogP contribution in [0.5, 0.6) is 17.2 Å². The molecule has 8 heteroatoms. The van der Waals surface area contributed by atoms with Crippen LogP contribution in [0.1, 0.15) is 21.6 Å². The molecule has 1 heterocycles. The van der Waals surface area contributed by atoms with Crippen molar-refractivity contribution in [2.24, 2.45) is 0 Å². The van der Waals surface area contributed by atoms with Crippen LogP contribution in [0.25, 0.3) is 0 Å². The molecule has 3 aromatic rings. The van der Waals surface area contributed by atoms with E-state index in [0.717, 1.165) is 11.6 Å². The number of nitrogens with zero attached hydrogens (tertiary/aromatic N) is 2. The van der Waals surface area contributed by atoms with E-state index in [9.17, 15) is 14.0 Å². The van der Waals surface area contributed by atoms with E-state index in [2.05, 4.69) is 9.84 Å². The summed E-state index contributed by atoms with van der Waals surface area (Å²) in [6.07, 6.45) is 0. The topological polar surface area (TPSA) is 79.7 Å². The normalized spacial score (nSPS) is 10.5. The number of esters is 1. The molecule has 0 bridgehead atoms. The molecule has 7 nitrogen and oxygen atoms in total. The highest BCUT2D eigenvalue weighted by atomic mass is 19.1. The molecular formula is C21H19FN2O5. The van der Waals surface area contributed by atoms with Gasteiger partial charge in [-0.15, -0.1) is 0 Å². The van der Waals surface area contributed by atoms with Crippen molar-refractivity contribution in [1.29, 1.82) is 0 Å². The van der Waals surface area contributed by atoms with Crippen LogP contribution in [-0.4, -0.2) is 30.0 Å². The summed E-state index contributed by atoms with van der Waals surface area (Å²) in [4.78, 5) is 24.2. The van der Waals surface area contributed by atoms with Gasteiger partial charge in [-0.3, -0.25) is 4.79 Å². The smallest absolute Gasteiger partial charge is 0.337 e. The highest BCUT2D eigenvalue weighted by Crippen LogP contribution is 2.24. The molecule has 0 aliphatic rings. The van der Waals surface area contributed by atoms with Crippen LogP contribution >= 0.6 is 0 Å². The molecule has 0 radical (unpaired) electrons. The van der Waals surface area contributed by atoms with Gasteiger partial charge < -0.3 is 14.2 Å². The van der Waals surface area contributed by atoms with Crippen molar-refractivity contribution in [3.05, 3.63) is 81.5 Å². The number of hydrogen-bond donors (Lipinski definition) is 0. The summed E-state index contributed by atoms with van der Waals surface area (Å²) in [5.74, 6) is -1.01. The van der Waals surface area contributed by atoms with Crippen LogP contribution in [-0.2, 0) is 11.3 Å².